The molecule has 4 aromatic rings. The van der Waals surface area contributed by atoms with Crippen LogP contribution in [-0.4, -0.2) is 33.6 Å². The number of aromatic nitrogens is 2. The number of aliphatic hydroxyl groups excluding tert-OH is 1. The molecule has 0 saturated carbocycles. The fourth-order valence-electron chi connectivity index (χ4n) is 4.27. The molecule has 1 aliphatic rings. The Morgan fingerprint density at radius 1 is 0.976 bits per heavy atom. The molecule has 210 valence electrons. The summed E-state index contributed by atoms with van der Waals surface area (Å²) in [6.07, 6.45) is 1.89. The Bertz CT molecular complexity index is 1570. The van der Waals surface area contributed by atoms with Crippen LogP contribution >= 0.6 is 23.1 Å². The normalized spacial score (nSPS) is 16.4. The smallest absolute Gasteiger partial charge is 0.301 e. The number of unbranched alkanes of at least 4 members (excludes halogenated alkanes) is 1. The fourth-order valence-corrected chi connectivity index (χ4v) is 6.10. The van der Waals surface area contributed by atoms with Crippen LogP contribution in [0.15, 0.2) is 82.7 Å². The summed E-state index contributed by atoms with van der Waals surface area (Å²) in [5.74, 6) is -1.88. The van der Waals surface area contributed by atoms with E-state index in [-0.39, 0.29) is 22.1 Å². The van der Waals surface area contributed by atoms with Crippen molar-refractivity contribution < 1.29 is 28.2 Å². The van der Waals surface area contributed by atoms with Gasteiger partial charge in [0.1, 0.15) is 23.1 Å². The molecule has 5 rings (SSSR count). The van der Waals surface area contributed by atoms with Crippen molar-refractivity contribution in [2.75, 3.05) is 11.5 Å². The van der Waals surface area contributed by atoms with Gasteiger partial charge in [0.05, 0.1) is 18.2 Å². The molecule has 1 aliphatic heterocycles. The first-order valence-corrected chi connectivity index (χ1v) is 14.7. The Kier molecular flexibility index (Phi) is 8.75. The molecule has 0 spiro atoms. The van der Waals surface area contributed by atoms with Crippen LogP contribution < -0.4 is 9.64 Å². The summed E-state index contributed by atoms with van der Waals surface area (Å²) in [6, 6.07) is 17.1. The number of rotatable bonds is 10. The summed E-state index contributed by atoms with van der Waals surface area (Å²) in [5, 5.41) is 19.8. The number of halogens is 2. The van der Waals surface area contributed by atoms with Gasteiger partial charge in [-0.25, -0.2) is 8.78 Å². The molecule has 3 aromatic carbocycles. The lowest BCUT2D eigenvalue weighted by Crippen LogP contribution is -2.29. The third-order valence-corrected chi connectivity index (χ3v) is 8.53. The second-order valence-electron chi connectivity index (χ2n) is 9.21. The van der Waals surface area contributed by atoms with Crippen LogP contribution in [0.5, 0.6) is 5.75 Å². The first kappa shape index (κ1) is 28.4. The van der Waals surface area contributed by atoms with Gasteiger partial charge in [0.2, 0.25) is 5.13 Å². The Balaban J connectivity index is 1.50. The lowest BCUT2D eigenvalue weighted by atomic mass is 9.95. The molecule has 0 radical (unpaired) electrons. The van der Waals surface area contributed by atoms with Gasteiger partial charge in [-0.05, 0) is 66.1 Å². The molecule has 1 unspecified atom stereocenters. The van der Waals surface area contributed by atoms with Crippen molar-refractivity contribution in [1.82, 2.24) is 10.2 Å². The summed E-state index contributed by atoms with van der Waals surface area (Å²) < 4.78 is 33.1. The van der Waals surface area contributed by atoms with Crippen molar-refractivity contribution in [3.05, 3.63) is 107 Å². The van der Waals surface area contributed by atoms with E-state index in [0.717, 1.165) is 41.9 Å². The molecule has 2 heterocycles. The van der Waals surface area contributed by atoms with Crippen molar-refractivity contribution in [3.63, 3.8) is 0 Å². The van der Waals surface area contributed by atoms with Gasteiger partial charge in [-0.15, -0.1) is 10.2 Å². The van der Waals surface area contributed by atoms with Crippen LogP contribution in [0, 0.1) is 11.6 Å². The van der Waals surface area contributed by atoms with Gasteiger partial charge in [0.25, 0.3) is 5.78 Å². The molecule has 0 bridgehead atoms. The van der Waals surface area contributed by atoms with E-state index in [1.807, 2.05) is 0 Å². The highest BCUT2D eigenvalue weighted by molar-refractivity contribution is 8.00. The average molecular weight is 594 g/mol. The van der Waals surface area contributed by atoms with Crippen LogP contribution in [0.4, 0.5) is 13.9 Å². The Morgan fingerprint density at radius 2 is 1.63 bits per heavy atom. The average Bonchev–Trinajstić information content (AvgIpc) is 3.55. The number of benzene rings is 3. The number of nitrogens with zero attached hydrogens (tertiary/aromatic N) is 3. The van der Waals surface area contributed by atoms with Gasteiger partial charge in [-0.1, -0.05) is 60.7 Å². The molecule has 0 aliphatic carbocycles. The maximum absolute atomic E-state index is 13.6. The zero-order chi connectivity index (χ0) is 28.9. The third-order valence-electron chi connectivity index (χ3n) is 6.40. The predicted molar refractivity (Wildman–Crippen MR) is 154 cm³/mol. The largest absolute Gasteiger partial charge is 0.507 e. The first-order valence-electron chi connectivity index (χ1n) is 12.9. The molecule has 11 heteroatoms. The van der Waals surface area contributed by atoms with Crippen molar-refractivity contribution >= 4 is 45.7 Å². The number of carbonyl (C=O) groups excluding carboxylic acids is 2. The van der Waals surface area contributed by atoms with Gasteiger partial charge in [0, 0.05) is 11.3 Å². The zero-order valence-electron chi connectivity index (χ0n) is 21.9. The molecule has 7 nitrogen and oxygen atoms in total. The molecular weight excluding hydrogens is 568 g/mol. The van der Waals surface area contributed by atoms with E-state index in [2.05, 4.69) is 17.1 Å². The standard InChI is InChI=1S/C30H25F2N3O4S2/c1-2-3-16-39-23-14-8-19(9-15-23)25-24(26(36)20-6-12-22(32)13-7-20)27(37)28(38)35(25)29-33-34-30(41-29)40-17-18-4-10-21(31)11-5-18/h4-15,25,36H,2-3,16-17H2,1H3/b26-24-. The zero-order valence-corrected chi connectivity index (χ0v) is 23.6. The Morgan fingerprint density at radius 3 is 2.29 bits per heavy atom. The van der Waals surface area contributed by atoms with Gasteiger partial charge in [0.15, 0.2) is 4.34 Å². The number of aliphatic hydroxyl groups is 1. The summed E-state index contributed by atoms with van der Waals surface area (Å²) in [7, 11) is 0. The lowest BCUT2D eigenvalue weighted by Gasteiger charge is -2.22. The first-order chi connectivity index (χ1) is 19.9. The number of hydrogen-bond acceptors (Lipinski definition) is 8. The van der Waals surface area contributed by atoms with Crippen LogP contribution in [-0.2, 0) is 15.3 Å². The van der Waals surface area contributed by atoms with Crippen LogP contribution in [0.2, 0.25) is 0 Å². The second kappa shape index (κ2) is 12.6. The van der Waals surface area contributed by atoms with Gasteiger partial charge < -0.3 is 9.84 Å². The van der Waals surface area contributed by atoms with Crippen LogP contribution in [0.1, 0.15) is 42.5 Å². The number of carbonyl (C=O) groups is 2. The minimum atomic E-state index is -1.01. The maximum Gasteiger partial charge on any atom is 0.301 e. The van der Waals surface area contributed by atoms with E-state index in [4.69, 9.17) is 4.74 Å². The lowest BCUT2D eigenvalue weighted by molar-refractivity contribution is -0.132. The van der Waals surface area contributed by atoms with E-state index < -0.39 is 29.3 Å². The molecule has 1 saturated heterocycles. The van der Waals surface area contributed by atoms with Crippen LogP contribution in [0.3, 0.4) is 0 Å². The molecule has 1 N–H and O–H groups in total. The highest BCUT2D eigenvalue weighted by Crippen LogP contribution is 2.44. The minimum Gasteiger partial charge on any atom is -0.507 e. The molecule has 1 amide bonds. The van der Waals surface area contributed by atoms with E-state index in [1.54, 1.807) is 36.4 Å². The molecule has 1 atom stereocenters. The number of ether oxygens (including phenoxy) is 1. The van der Waals surface area contributed by atoms with Crippen molar-refractivity contribution in [2.24, 2.45) is 0 Å². The second-order valence-corrected chi connectivity index (χ2v) is 11.4. The number of thioether (sulfide) groups is 1. The van der Waals surface area contributed by atoms with E-state index in [1.165, 1.54) is 40.9 Å². The van der Waals surface area contributed by atoms with Crippen molar-refractivity contribution in [3.8, 4) is 5.75 Å². The number of hydrogen-bond donors (Lipinski definition) is 1. The number of anilines is 1. The third kappa shape index (κ3) is 6.31. The monoisotopic (exact) mass is 593 g/mol. The number of amides is 1. The van der Waals surface area contributed by atoms with Crippen molar-refractivity contribution in [2.45, 2.75) is 35.9 Å². The summed E-state index contributed by atoms with van der Waals surface area (Å²) in [4.78, 5) is 28.0. The quantitative estimate of drug-likeness (QED) is 0.0533. The van der Waals surface area contributed by atoms with Crippen LogP contribution in [0.25, 0.3) is 5.76 Å². The number of Topliss-reactive ketones (excluding diaryl/α,β-unsaturated/α-hetero) is 1. The van der Waals surface area contributed by atoms with Gasteiger partial charge in [-0.3, -0.25) is 14.5 Å². The van der Waals surface area contributed by atoms with Crippen molar-refractivity contribution in [1.29, 1.82) is 0 Å². The summed E-state index contributed by atoms with van der Waals surface area (Å²) in [6.45, 7) is 2.62. The van der Waals surface area contributed by atoms with Gasteiger partial charge in [-0.2, -0.15) is 0 Å². The SMILES string of the molecule is CCCCOc1ccc(C2/C(=C(/O)c3ccc(F)cc3)C(=O)C(=O)N2c2nnc(SCc3ccc(F)cc3)s2)cc1. The van der Waals surface area contributed by atoms with E-state index in [0.29, 0.717) is 28.0 Å². The summed E-state index contributed by atoms with van der Waals surface area (Å²) in [5.41, 5.74) is 1.49. The highest BCUT2D eigenvalue weighted by atomic mass is 32.2. The minimum absolute atomic E-state index is 0.142. The molecule has 1 fully saturated rings. The maximum atomic E-state index is 13.6. The summed E-state index contributed by atoms with van der Waals surface area (Å²) >= 11 is 2.49. The molecule has 41 heavy (non-hydrogen) atoms. The Hall–Kier alpha value is -4.09. The Labute approximate surface area is 243 Å². The van der Waals surface area contributed by atoms with E-state index >= 15 is 0 Å². The number of ketones is 1. The molecule has 1 aromatic heterocycles. The van der Waals surface area contributed by atoms with Gasteiger partial charge >= 0.3 is 5.91 Å². The topological polar surface area (TPSA) is 92.6 Å². The predicted octanol–water partition coefficient (Wildman–Crippen LogP) is 6.91. The van der Waals surface area contributed by atoms with E-state index in [9.17, 15) is 23.5 Å². The highest BCUT2D eigenvalue weighted by Gasteiger charge is 2.48. The fraction of sp³-hybridized carbons (Fsp3) is 0.200. The molecular formula is C30H25F2N3O4S2.